The van der Waals surface area contributed by atoms with Gasteiger partial charge < -0.3 is 5.32 Å². The number of hydrogen-bond acceptors (Lipinski definition) is 3. The van der Waals surface area contributed by atoms with Gasteiger partial charge in [0.2, 0.25) is 5.91 Å². The number of rotatable bonds is 7. The molecule has 3 rings (SSSR count). The predicted octanol–water partition coefficient (Wildman–Crippen LogP) is 4.99. The number of carbonyl (C=O) groups is 1. The summed E-state index contributed by atoms with van der Waals surface area (Å²) in [5.74, 6) is -0.366. The third kappa shape index (κ3) is 5.19. The van der Waals surface area contributed by atoms with E-state index in [1.807, 2.05) is 39.8 Å². The molecular weight excluding hydrogens is 420 g/mol. The van der Waals surface area contributed by atoms with Crippen LogP contribution in [-0.4, -0.2) is 20.9 Å². The molecule has 0 heterocycles. The molecule has 3 aromatic carbocycles. The first-order valence-corrected chi connectivity index (χ1v) is 12.0. The van der Waals surface area contributed by atoms with Gasteiger partial charge in [0, 0.05) is 0 Å². The summed E-state index contributed by atoms with van der Waals surface area (Å²) in [7, 11) is -3.91. The van der Waals surface area contributed by atoms with Crippen LogP contribution in [0.2, 0.25) is 0 Å². The molecular formula is C26H30N2O3S. The molecule has 0 aliphatic carbocycles. The van der Waals surface area contributed by atoms with Crippen molar-refractivity contribution in [2.45, 2.75) is 45.6 Å². The van der Waals surface area contributed by atoms with Crippen molar-refractivity contribution in [2.75, 3.05) is 10.8 Å². The summed E-state index contributed by atoms with van der Waals surface area (Å²) in [5, 5.41) is 2.97. The van der Waals surface area contributed by atoms with Crippen molar-refractivity contribution in [2.24, 2.45) is 0 Å². The molecule has 0 bridgehead atoms. The standard InChI is InChI=1S/C26H30N2O3S/c1-18-11-13-23(14-12-18)28(32(30,31)24-9-7-6-8-10-24)17-26(29)27-22(5)25-16-20(3)19(2)15-21(25)4/h6-16,22H,17H2,1-5H3,(H,27,29)/t22-/m0/s1. The van der Waals surface area contributed by atoms with E-state index in [1.165, 1.54) is 17.7 Å². The van der Waals surface area contributed by atoms with Crippen LogP contribution in [0.5, 0.6) is 0 Å². The molecule has 3 aromatic rings. The Balaban J connectivity index is 1.89. The summed E-state index contributed by atoms with van der Waals surface area (Å²) in [6.45, 7) is 9.65. The molecule has 5 nitrogen and oxygen atoms in total. The SMILES string of the molecule is Cc1ccc(N(CC(=O)N[C@@H](C)c2cc(C)c(C)cc2C)S(=O)(=O)c2ccccc2)cc1. The van der Waals surface area contributed by atoms with E-state index >= 15 is 0 Å². The Morgan fingerprint density at radius 2 is 1.47 bits per heavy atom. The Morgan fingerprint density at radius 1 is 0.875 bits per heavy atom. The topological polar surface area (TPSA) is 66.5 Å². The normalized spacial score (nSPS) is 12.3. The van der Waals surface area contributed by atoms with Gasteiger partial charge in [0.15, 0.2) is 0 Å². The number of hydrogen-bond donors (Lipinski definition) is 1. The van der Waals surface area contributed by atoms with E-state index < -0.39 is 10.0 Å². The molecule has 0 spiro atoms. The maximum atomic E-state index is 13.4. The number of sulfonamides is 1. The highest BCUT2D eigenvalue weighted by atomic mass is 32.2. The van der Waals surface area contributed by atoms with Crippen LogP contribution in [0.3, 0.4) is 0 Å². The van der Waals surface area contributed by atoms with Gasteiger partial charge in [-0.2, -0.15) is 0 Å². The summed E-state index contributed by atoms with van der Waals surface area (Å²) >= 11 is 0. The molecule has 168 valence electrons. The first-order valence-electron chi connectivity index (χ1n) is 10.6. The Bertz CT molecular complexity index is 1200. The van der Waals surface area contributed by atoms with Crippen molar-refractivity contribution in [1.29, 1.82) is 0 Å². The summed E-state index contributed by atoms with van der Waals surface area (Å²) in [4.78, 5) is 13.1. The van der Waals surface area contributed by atoms with Crippen LogP contribution in [0.25, 0.3) is 0 Å². The zero-order valence-electron chi connectivity index (χ0n) is 19.2. The van der Waals surface area contributed by atoms with Crippen molar-refractivity contribution in [3.63, 3.8) is 0 Å². The van der Waals surface area contributed by atoms with Crippen LogP contribution in [0, 0.1) is 27.7 Å². The van der Waals surface area contributed by atoms with Gasteiger partial charge in [-0.05, 0) is 81.1 Å². The fourth-order valence-electron chi connectivity index (χ4n) is 3.69. The van der Waals surface area contributed by atoms with E-state index in [4.69, 9.17) is 0 Å². The maximum absolute atomic E-state index is 13.4. The highest BCUT2D eigenvalue weighted by molar-refractivity contribution is 7.92. The molecule has 0 unspecified atom stereocenters. The van der Waals surface area contributed by atoms with E-state index in [0.29, 0.717) is 5.69 Å². The van der Waals surface area contributed by atoms with Crippen molar-refractivity contribution in [1.82, 2.24) is 5.32 Å². The van der Waals surface area contributed by atoms with Crippen LogP contribution >= 0.6 is 0 Å². The van der Waals surface area contributed by atoms with Gasteiger partial charge in [-0.3, -0.25) is 9.10 Å². The first-order chi connectivity index (χ1) is 15.1. The Hall–Kier alpha value is -3.12. The predicted molar refractivity (Wildman–Crippen MR) is 129 cm³/mol. The first kappa shape index (κ1) is 23.5. The number of benzene rings is 3. The highest BCUT2D eigenvalue weighted by Crippen LogP contribution is 2.25. The summed E-state index contributed by atoms with van der Waals surface area (Å²) in [5.41, 5.74) is 5.92. The Labute approximate surface area is 191 Å². The molecule has 0 fully saturated rings. The number of aryl methyl sites for hydroxylation is 4. The lowest BCUT2D eigenvalue weighted by atomic mass is 9.96. The molecule has 0 aromatic heterocycles. The van der Waals surface area contributed by atoms with Gasteiger partial charge in [0.05, 0.1) is 16.6 Å². The van der Waals surface area contributed by atoms with E-state index in [1.54, 1.807) is 30.3 Å². The van der Waals surface area contributed by atoms with Crippen molar-refractivity contribution in [3.05, 3.63) is 94.5 Å². The second kappa shape index (κ2) is 9.57. The minimum absolute atomic E-state index is 0.145. The molecule has 0 radical (unpaired) electrons. The molecule has 6 heteroatoms. The molecule has 0 aliphatic rings. The minimum atomic E-state index is -3.91. The number of nitrogens with zero attached hydrogens (tertiary/aromatic N) is 1. The van der Waals surface area contributed by atoms with Gasteiger partial charge in [-0.25, -0.2) is 8.42 Å². The molecule has 32 heavy (non-hydrogen) atoms. The quantitative estimate of drug-likeness (QED) is 0.551. The maximum Gasteiger partial charge on any atom is 0.264 e. The van der Waals surface area contributed by atoms with Gasteiger partial charge in [-0.1, -0.05) is 48.0 Å². The third-order valence-corrected chi connectivity index (χ3v) is 7.45. The zero-order valence-corrected chi connectivity index (χ0v) is 20.0. The fraction of sp³-hybridized carbons (Fsp3) is 0.269. The fourth-order valence-corrected chi connectivity index (χ4v) is 5.13. The van der Waals surface area contributed by atoms with Crippen LogP contribution < -0.4 is 9.62 Å². The average Bonchev–Trinajstić information content (AvgIpc) is 2.75. The molecule has 1 amide bonds. The number of amides is 1. The molecule has 0 saturated heterocycles. The van der Waals surface area contributed by atoms with Crippen LogP contribution in [0.4, 0.5) is 5.69 Å². The van der Waals surface area contributed by atoms with Crippen LogP contribution in [0.15, 0.2) is 71.6 Å². The van der Waals surface area contributed by atoms with Gasteiger partial charge in [-0.15, -0.1) is 0 Å². The van der Waals surface area contributed by atoms with E-state index in [9.17, 15) is 13.2 Å². The number of nitrogens with one attached hydrogen (secondary N) is 1. The molecule has 1 atom stereocenters. The van der Waals surface area contributed by atoms with Gasteiger partial charge in [0.25, 0.3) is 10.0 Å². The largest absolute Gasteiger partial charge is 0.348 e. The third-order valence-electron chi connectivity index (χ3n) is 5.67. The van der Waals surface area contributed by atoms with Crippen molar-refractivity contribution in [3.8, 4) is 0 Å². The Morgan fingerprint density at radius 3 is 2.09 bits per heavy atom. The monoisotopic (exact) mass is 450 g/mol. The summed E-state index contributed by atoms with van der Waals surface area (Å²) < 4.78 is 27.9. The van der Waals surface area contributed by atoms with Gasteiger partial charge >= 0.3 is 0 Å². The molecule has 0 aliphatic heterocycles. The highest BCUT2D eigenvalue weighted by Gasteiger charge is 2.27. The van der Waals surface area contributed by atoms with Crippen LogP contribution in [-0.2, 0) is 14.8 Å². The van der Waals surface area contributed by atoms with E-state index in [2.05, 4.69) is 24.4 Å². The van der Waals surface area contributed by atoms with E-state index in [-0.39, 0.29) is 23.4 Å². The number of carbonyl (C=O) groups excluding carboxylic acids is 1. The second-order valence-corrected chi connectivity index (χ2v) is 10.1. The average molecular weight is 451 g/mol. The molecule has 1 N–H and O–H groups in total. The smallest absolute Gasteiger partial charge is 0.264 e. The van der Waals surface area contributed by atoms with Crippen molar-refractivity contribution < 1.29 is 13.2 Å². The second-order valence-electron chi connectivity index (χ2n) is 8.24. The minimum Gasteiger partial charge on any atom is -0.348 e. The lowest BCUT2D eigenvalue weighted by Crippen LogP contribution is -2.41. The Kier molecular flexibility index (Phi) is 7.04. The summed E-state index contributed by atoms with van der Waals surface area (Å²) in [6, 6.07) is 19.2. The molecule has 0 saturated carbocycles. The lowest BCUT2D eigenvalue weighted by molar-refractivity contribution is -0.120. The lowest BCUT2D eigenvalue weighted by Gasteiger charge is -2.25. The summed E-state index contributed by atoms with van der Waals surface area (Å²) in [6.07, 6.45) is 0. The van der Waals surface area contributed by atoms with Crippen LogP contribution in [0.1, 0.15) is 40.8 Å². The van der Waals surface area contributed by atoms with Crippen molar-refractivity contribution >= 4 is 21.6 Å². The van der Waals surface area contributed by atoms with Gasteiger partial charge in [0.1, 0.15) is 6.54 Å². The zero-order chi connectivity index (χ0) is 23.5. The number of anilines is 1. The van der Waals surface area contributed by atoms with E-state index in [0.717, 1.165) is 26.6 Å².